The van der Waals surface area contributed by atoms with Crippen LogP contribution in [0.1, 0.15) is 42.0 Å². The monoisotopic (exact) mass is 310 g/mol. The van der Waals surface area contributed by atoms with Gasteiger partial charge >= 0.3 is 5.97 Å². The number of hydrogen-bond acceptors (Lipinski definition) is 7. The van der Waals surface area contributed by atoms with Gasteiger partial charge in [-0.2, -0.15) is 0 Å². The van der Waals surface area contributed by atoms with Crippen molar-refractivity contribution in [3.05, 3.63) is 29.5 Å². The van der Waals surface area contributed by atoms with Crippen LogP contribution in [0.2, 0.25) is 0 Å². The molecule has 2 aromatic rings. The molecule has 2 aromatic heterocycles. The van der Waals surface area contributed by atoms with Crippen LogP contribution < -0.4 is 5.73 Å². The fraction of sp³-hybridized carbons (Fsp3) is 0.462. The third-order valence-corrected chi connectivity index (χ3v) is 3.79. The molecule has 0 saturated carbocycles. The lowest BCUT2D eigenvalue weighted by atomic mass is 10.4. The Hall–Kier alpha value is -1.80. The normalized spacial score (nSPS) is 11.1. The van der Waals surface area contributed by atoms with Crippen molar-refractivity contribution in [3.8, 4) is 0 Å². The number of nitrogens with two attached hydrogens (primary N) is 1. The van der Waals surface area contributed by atoms with Crippen molar-refractivity contribution < 1.29 is 13.9 Å². The number of hydrogen-bond donors (Lipinski definition) is 1. The van der Waals surface area contributed by atoms with Gasteiger partial charge in [0, 0.05) is 6.04 Å². The van der Waals surface area contributed by atoms with Crippen molar-refractivity contribution in [3.63, 3.8) is 0 Å². The summed E-state index contributed by atoms with van der Waals surface area (Å²) in [7, 11) is 1.32. The van der Waals surface area contributed by atoms with Gasteiger partial charge in [0.15, 0.2) is 5.16 Å². The number of nitrogens with zero attached hydrogens (tertiary/aromatic N) is 3. The van der Waals surface area contributed by atoms with Gasteiger partial charge in [0.2, 0.25) is 5.76 Å². The Morgan fingerprint density at radius 3 is 2.86 bits per heavy atom. The maximum Gasteiger partial charge on any atom is 0.373 e. The van der Waals surface area contributed by atoms with Gasteiger partial charge in [-0.15, -0.1) is 10.2 Å². The molecule has 2 N–H and O–H groups in total. The second-order valence-corrected chi connectivity index (χ2v) is 5.56. The molecule has 2 heterocycles. The summed E-state index contributed by atoms with van der Waals surface area (Å²) in [6, 6.07) is 3.57. The van der Waals surface area contributed by atoms with E-state index in [4.69, 9.17) is 10.2 Å². The Labute approximate surface area is 126 Å². The van der Waals surface area contributed by atoms with Crippen LogP contribution in [0.3, 0.4) is 0 Å². The maximum atomic E-state index is 11.3. The zero-order valence-electron chi connectivity index (χ0n) is 12.2. The zero-order valence-corrected chi connectivity index (χ0v) is 13.0. The van der Waals surface area contributed by atoms with Crippen molar-refractivity contribution in [1.29, 1.82) is 0 Å². The van der Waals surface area contributed by atoms with Gasteiger partial charge < -0.3 is 19.5 Å². The van der Waals surface area contributed by atoms with Crippen molar-refractivity contribution in [1.82, 2.24) is 14.8 Å². The number of aromatic nitrogens is 3. The Morgan fingerprint density at radius 2 is 2.24 bits per heavy atom. The van der Waals surface area contributed by atoms with E-state index in [1.54, 1.807) is 12.1 Å². The molecule has 0 fully saturated rings. The first-order valence-electron chi connectivity index (χ1n) is 6.50. The van der Waals surface area contributed by atoms with E-state index >= 15 is 0 Å². The largest absolute Gasteiger partial charge is 0.463 e. The van der Waals surface area contributed by atoms with Crippen LogP contribution in [0.25, 0.3) is 0 Å². The SMILES string of the molecule is COC(=O)c1ccc(CSc2nnc(CN)n2C(C)C)o1. The van der Waals surface area contributed by atoms with Crippen molar-refractivity contribution >= 4 is 17.7 Å². The Balaban J connectivity index is 2.08. The first-order valence-corrected chi connectivity index (χ1v) is 7.49. The molecule has 21 heavy (non-hydrogen) atoms. The van der Waals surface area contributed by atoms with Crippen molar-refractivity contribution in [2.24, 2.45) is 5.73 Å². The summed E-state index contributed by atoms with van der Waals surface area (Å²) in [4.78, 5) is 11.3. The van der Waals surface area contributed by atoms with Gasteiger partial charge in [-0.25, -0.2) is 4.79 Å². The average Bonchev–Trinajstić information content (AvgIpc) is 3.10. The van der Waals surface area contributed by atoms with E-state index in [1.165, 1.54) is 18.9 Å². The van der Waals surface area contributed by atoms with Crippen LogP contribution >= 0.6 is 11.8 Å². The minimum absolute atomic E-state index is 0.195. The van der Waals surface area contributed by atoms with Crippen LogP contribution in [0, 0.1) is 0 Å². The van der Waals surface area contributed by atoms with Crippen LogP contribution in [-0.4, -0.2) is 27.8 Å². The Kier molecular flexibility index (Phi) is 5.03. The number of carbonyl (C=O) groups is 1. The van der Waals surface area contributed by atoms with E-state index in [1.807, 2.05) is 4.57 Å². The van der Waals surface area contributed by atoms with Crippen LogP contribution in [0.5, 0.6) is 0 Å². The molecule has 0 aliphatic carbocycles. The molecule has 7 nitrogen and oxygen atoms in total. The summed E-state index contributed by atoms with van der Waals surface area (Å²) in [5, 5.41) is 9.00. The Morgan fingerprint density at radius 1 is 1.48 bits per heavy atom. The van der Waals surface area contributed by atoms with E-state index in [9.17, 15) is 4.79 Å². The third-order valence-electron chi connectivity index (χ3n) is 2.83. The summed E-state index contributed by atoms with van der Waals surface area (Å²) in [5.74, 6) is 1.69. The predicted molar refractivity (Wildman–Crippen MR) is 77.9 cm³/mol. The molecule has 0 unspecified atom stereocenters. The molecule has 0 spiro atoms. The number of rotatable bonds is 6. The Bertz CT molecular complexity index is 621. The van der Waals surface area contributed by atoms with Crippen molar-refractivity contribution in [2.45, 2.75) is 37.3 Å². The second-order valence-electron chi connectivity index (χ2n) is 4.61. The zero-order chi connectivity index (χ0) is 15.4. The van der Waals surface area contributed by atoms with Crippen molar-refractivity contribution in [2.75, 3.05) is 7.11 Å². The van der Waals surface area contributed by atoms with E-state index < -0.39 is 5.97 Å². The molecule has 0 saturated heterocycles. The van der Waals surface area contributed by atoms with Gasteiger partial charge in [-0.3, -0.25) is 0 Å². The molecule has 0 amide bonds. The quantitative estimate of drug-likeness (QED) is 0.643. The minimum atomic E-state index is -0.484. The highest BCUT2D eigenvalue weighted by Crippen LogP contribution is 2.25. The van der Waals surface area contributed by atoms with E-state index in [-0.39, 0.29) is 11.8 Å². The van der Waals surface area contributed by atoms with Gasteiger partial charge in [0.1, 0.15) is 11.6 Å². The summed E-state index contributed by atoms with van der Waals surface area (Å²) >= 11 is 1.49. The molecule has 0 radical (unpaired) electrons. The topological polar surface area (TPSA) is 96.2 Å². The number of furan rings is 1. The molecule has 0 atom stereocenters. The smallest absolute Gasteiger partial charge is 0.373 e. The molecule has 0 aromatic carbocycles. The molecule has 0 aliphatic rings. The molecule has 0 aliphatic heterocycles. The molecular weight excluding hydrogens is 292 g/mol. The third kappa shape index (κ3) is 3.45. The summed E-state index contributed by atoms with van der Waals surface area (Å²) in [6.07, 6.45) is 0. The highest BCUT2D eigenvalue weighted by molar-refractivity contribution is 7.98. The molecule has 8 heteroatoms. The van der Waals surface area contributed by atoms with Gasteiger partial charge in [0.05, 0.1) is 19.4 Å². The molecule has 2 rings (SSSR count). The molecule has 0 bridgehead atoms. The summed E-state index contributed by atoms with van der Waals surface area (Å²) in [5.41, 5.74) is 5.66. The minimum Gasteiger partial charge on any atom is -0.463 e. The van der Waals surface area contributed by atoms with Gasteiger partial charge in [0.25, 0.3) is 0 Å². The van der Waals surface area contributed by atoms with Gasteiger partial charge in [-0.1, -0.05) is 11.8 Å². The first kappa shape index (κ1) is 15.6. The number of esters is 1. The predicted octanol–water partition coefficient (Wildman–Crippen LogP) is 1.99. The van der Waals surface area contributed by atoms with Crippen LogP contribution in [0.4, 0.5) is 0 Å². The number of methoxy groups -OCH3 is 1. The highest BCUT2D eigenvalue weighted by atomic mass is 32.2. The van der Waals surface area contributed by atoms with E-state index in [2.05, 4.69) is 28.8 Å². The fourth-order valence-electron chi connectivity index (χ4n) is 1.87. The lowest BCUT2D eigenvalue weighted by Gasteiger charge is -2.12. The standard InChI is InChI=1S/C13H18N4O3S/c1-8(2)17-11(6-14)15-16-13(17)21-7-9-4-5-10(20-9)12(18)19-3/h4-5,8H,6-7,14H2,1-3H3. The number of thioether (sulfide) groups is 1. The average molecular weight is 310 g/mol. The first-order chi connectivity index (χ1) is 10.1. The summed E-state index contributed by atoms with van der Waals surface area (Å²) in [6.45, 7) is 4.45. The number of carbonyl (C=O) groups excluding carboxylic acids is 1. The lowest BCUT2D eigenvalue weighted by Crippen LogP contribution is -2.11. The van der Waals surface area contributed by atoms with Crippen LogP contribution in [-0.2, 0) is 17.0 Å². The summed E-state index contributed by atoms with van der Waals surface area (Å²) < 4.78 is 12.0. The number of ether oxygens (including phenoxy) is 1. The maximum absolute atomic E-state index is 11.3. The lowest BCUT2D eigenvalue weighted by molar-refractivity contribution is 0.0563. The molecule has 114 valence electrons. The van der Waals surface area contributed by atoms with Gasteiger partial charge in [-0.05, 0) is 26.0 Å². The van der Waals surface area contributed by atoms with E-state index in [0.29, 0.717) is 18.1 Å². The highest BCUT2D eigenvalue weighted by Gasteiger charge is 2.16. The molecular formula is C13H18N4O3S. The fourth-order valence-corrected chi connectivity index (χ4v) is 2.85. The van der Waals surface area contributed by atoms with Crippen LogP contribution in [0.15, 0.2) is 21.7 Å². The second kappa shape index (κ2) is 6.77. The van der Waals surface area contributed by atoms with E-state index in [0.717, 1.165) is 11.0 Å².